The number of halogens is 2. The lowest BCUT2D eigenvalue weighted by molar-refractivity contribution is 0.0794. The van der Waals surface area contributed by atoms with Crippen LogP contribution in [0.3, 0.4) is 0 Å². The maximum atomic E-state index is 12.0. The summed E-state index contributed by atoms with van der Waals surface area (Å²) >= 11 is 7.15. The molecule has 16 heavy (non-hydrogen) atoms. The van der Waals surface area contributed by atoms with Crippen molar-refractivity contribution in [3.8, 4) is 0 Å². The van der Waals surface area contributed by atoms with Gasteiger partial charge >= 0.3 is 0 Å². The summed E-state index contributed by atoms with van der Waals surface area (Å²) in [5, 5.41) is 3.19. The maximum absolute atomic E-state index is 12.0. The van der Waals surface area contributed by atoms with Crippen LogP contribution in [-0.2, 0) is 0 Å². The summed E-state index contributed by atoms with van der Waals surface area (Å²) in [6.07, 6.45) is 1.03. The number of carbonyl (C=O) groups excluding carboxylic acids is 1. The molecule has 1 saturated heterocycles. The van der Waals surface area contributed by atoms with E-state index >= 15 is 0 Å². The molecule has 1 atom stereocenters. The molecular weight excluding hydrogens is 267 g/mol. The van der Waals surface area contributed by atoms with E-state index in [1.165, 1.54) is 11.3 Å². The predicted octanol–water partition coefficient (Wildman–Crippen LogP) is 2.26. The van der Waals surface area contributed by atoms with Crippen LogP contribution in [0.5, 0.6) is 0 Å². The van der Waals surface area contributed by atoms with Gasteiger partial charge in [0, 0.05) is 19.1 Å². The number of rotatable bonds is 2. The molecule has 1 unspecified atom stereocenters. The Kier molecular flexibility index (Phi) is 5.05. The van der Waals surface area contributed by atoms with Crippen LogP contribution in [-0.4, -0.2) is 37.0 Å². The lowest BCUT2D eigenvalue weighted by atomic mass is 10.3. The van der Waals surface area contributed by atoms with Gasteiger partial charge in [0.05, 0.1) is 9.21 Å². The third kappa shape index (κ3) is 2.88. The molecule has 0 aromatic carbocycles. The van der Waals surface area contributed by atoms with Crippen LogP contribution in [0.2, 0.25) is 4.34 Å². The van der Waals surface area contributed by atoms with Crippen molar-refractivity contribution in [3.05, 3.63) is 21.3 Å². The van der Waals surface area contributed by atoms with Crippen molar-refractivity contribution in [1.29, 1.82) is 0 Å². The third-order valence-corrected chi connectivity index (χ3v) is 3.89. The van der Waals surface area contributed by atoms with E-state index in [-0.39, 0.29) is 18.3 Å². The number of nitrogens with one attached hydrogen (secondary N) is 1. The van der Waals surface area contributed by atoms with E-state index in [0.29, 0.717) is 10.4 Å². The van der Waals surface area contributed by atoms with Gasteiger partial charge in [-0.15, -0.1) is 23.7 Å². The Balaban J connectivity index is 0.00000128. The molecule has 90 valence electrons. The first-order chi connectivity index (χ1) is 7.20. The highest BCUT2D eigenvalue weighted by atomic mass is 35.5. The fourth-order valence-corrected chi connectivity index (χ4v) is 2.78. The van der Waals surface area contributed by atoms with Gasteiger partial charge in [0.1, 0.15) is 0 Å². The van der Waals surface area contributed by atoms with E-state index in [2.05, 4.69) is 5.32 Å². The van der Waals surface area contributed by atoms with Crippen LogP contribution < -0.4 is 5.32 Å². The second-order valence-electron chi connectivity index (χ2n) is 3.63. The van der Waals surface area contributed by atoms with E-state index in [0.717, 1.165) is 24.4 Å². The normalized spacial score (nSPS) is 19.6. The zero-order chi connectivity index (χ0) is 10.8. The van der Waals surface area contributed by atoms with Crippen LogP contribution in [0.15, 0.2) is 12.1 Å². The average molecular weight is 281 g/mol. The van der Waals surface area contributed by atoms with E-state index in [1.54, 1.807) is 12.1 Å². The quantitative estimate of drug-likeness (QED) is 0.901. The van der Waals surface area contributed by atoms with Crippen LogP contribution in [0.25, 0.3) is 0 Å². The molecule has 1 N–H and O–H groups in total. The molecule has 3 nitrogen and oxygen atoms in total. The van der Waals surface area contributed by atoms with Crippen molar-refractivity contribution in [2.45, 2.75) is 12.5 Å². The minimum Gasteiger partial charge on any atom is -0.336 e. The second-order valence-corrected chi connectivity index (χ2v) is 5.34. The number of hydrogen-bond donors (Lipinski definition) is 1. The summed E-state index contributed by atoms with van der Waals surface area (Å²) in [4.78, 5) is 14.6. The molecule has 0 radical (unpaired) electrons. The van der Waals surface area contributed by atoms with E-state index < -0.39 is 0 Å². The molecule has 2 rings (SSSR count). The van der Waals surface area contributed by atoms with Gasteiger partial charge in [-0.3, -0.25) is 4.79 Å². The minimum atomic E-state index is 0. The van der Waals surface area contributed by atoms with Crippen molar-refractivity contribution in [1.82, 2.24) is 10.2 Å². The van der Waals surface area contributed by atoms with Crippen molar-refractivity contribution in [2.24, 2.45) is 0 Å². The fraction of sp³-hybridized carbons (Fsp3) is 0.500. The molecule has 2 heterocycles. The molecule has 6 heteroatoms. The lowest BCUT2D eigenvalue weighted by Gasteiger charge is -2.14. The number of nitrogens with zero attached hydrogens (tertiary/aromatic N) is 1. The van der Waals surface area contributed by atoms with Crippen molar-refractivity contribution in [3.63, 3.8) is 0 Å². The number of hydrogen-bond acceptors (Lipinski definition) is 3. The minimum absolute atomic E-state index is 0. The van der Waals surface area contributed by atoms with Gasteiger partial charge in [0.25, 0.3) is 5.91 Å². The van der Waals surface area contributed by atoms with Gasteiger partial charge in [-0.1, -0.05) is 11.6 Å². The topological polar surface area (TPSA) is 32.3 Å². The Morgan fingerprint density at radius 3 is 2.88 bits per heavy atom. The Morgan fingerprint density at radius 2 is 2.38 bits per heavy atom. The standard InChI is InChI=1S/C10H13ClN2OS.ClH/c1-12-7-4-5-13(6-7)10(14)8-2-3-9(11)15-8;/h2-3,7,12H,4-6H2,1H3;1H. The highest BCUT2D eigenvalue weighted by Gasteiger charge is 2.26. The molecule has 1 aromatic heterocycles. The van der Waals surface area contributed by atoms with Gasteiger partial charge in [0.2, 0.25) is 0 Å². The molecule has 0 bridgehead atoms. The molecule has 1 aliphatic rings. The zero-order valence-corrected chi connectivity index (χ0v) is 11.3. The Morgan fingerprint density at radius 1 is 1.62 bits per heavy atom. The Hall–Kier alpha value is -0.290. The van der Waals surface area contributed by atoms with Crippen LogP contribution in [0, 0.1) is 0 Å². The fourth-order valence-electron chi connectivity index (χ4n) is 1.77. The monoisotopic (exact) mass is 280 g/mol. The molecule has 0 aliphatic carbocycles. The van der Waals surface area contributed by atoms with Crippen molar-refractivity contribution < 1.29 is 4.79 Å². The Labute approximate surface area is 110 Å². The molecule has 1 fully saturated rings. The molecule has 0 spiro atoms. The SMILES string of the molecule is CNC1CCN(C(=O)c2ccc(Cl)s2)C1.Cl. The first-order valence-electron chi connectivity index (χ1n) is 4.92. The highest BCUT2D eigenvalue weighted by molar-refractivity contribution is 7.17. The summed E-state index contributed by atoms with van der Waals surface area (Å²) in [7, 11) is 1.93. The molecule has 1 aliphatic heterocycles. The summed E-state index contributed by atoms with van der Waals surface area (Å²) in [5.74, 6) is 0.102. The van der Waals surface area contributed by atoms with Crippen LogP contribution in [0.4, 0.5) is 0 Å². The first-order valence-corrected chi connectivity index (χ1v) is 6.12. The largest absolute Gasteiger partial charge is 0.336 e. The molecular formula is C10H14Cl2N2OS. The average Bonchev–Trinajstić information content (AvgIpc) is 2.84. The summed E-state index contributed by atoms with van der Waals surface area (Å²) < 4.78 is 0.669. The third-order valence-electron chi connectivity index (χ3n) is 2.67. The number of likely N-dealkylation sites (N-methyl/N-ethyl adjacent to an activating group) is 1. The van der Waals surface area contributed by atoms with E-state index in [4.69, 9.17) is 11.6 Å². The second kappa shape index (κ2) is 5.87. The number of carbonyl (C=O) groups is 1. The van der Waals surface area contributed by atoms with Crippen LogP contribution in [0.1, 0.15) is 16.1 Å². The van der Waals surface area contributed by atoms with E-state index in [9.17, 15) is 4.79 Å². The van der Waals surface area contributed by atoms with Gasteiger partial charge in [0.15, 0.2) is 0 Å². The Bertz CT molecular complexity index is 369. The zero-order valence-electron chi connectivity index (χ0n) is 8.90. The van der Waals surface area contributed by atoms with Crippen molar-refractivity contribution >= 4 is 41.3 Å². The van der Waals surface area contributed by atoms with Crippen LogP contribution >= 0.6 is 35.3 Å². The molecule has 1 amide bonds. The number of amides is 1. The smallest absolute Gasteiger partial charge is 0.264 e. The first kappa shape index (κ1) is 13.8. The lowest BCUT2D eigenvalue weighted by Crippen LogP contribution is -2.33. The maximum Gasteiger partial charge on any atom is 0.264 e. The summed E-state index contributed by atoms with van der Waals surface area (Å²) in [5.41, 5.74) is 0. The number of thiophene rings is 1. The van der Waals surface area contributed by atoms with Crippen molar-refractivity contribution in [2.75, 3.05) is 20.1 Å². The summed E-state index contributed by atoms with van der Waals surface area (Å²) in [6, 6.07) is 4.00. The van der Waals surface area contributed by atoms with Gasteiger partial charge < -0.3 is 10.2 Å². The summed E-state index contributed by atoms with van der Waals surface area (Å²) in [6.45, 7) is 1.63. The van der Waals surface area contributed by atoms with Gasteiger partial charge in [-0.05, 0) is 25.6 Å². The number of likely N-dealkylation sites (tertiary alicyclic amines) is 1. The van der Waals surface area contributed by atoms with Gasteiger partial charge in [-0.25, -0.2) is 0 Å². The van der Waals surface area contributed by atoms with E-state index in [1.807, 2.05) is 11.9 Å². The van der Waals surface area contributed by atoms with Gasteiger partial charge in [-0.2, -0.15) is 0 Å². The molecule has 1 aromatic rings. The molecule has 0 saturated carbocycles. The highest BCUT2D eigenvalue weighted by Crippen LogP contribution is 2.24. The predicted molar refractivity (Wildman–Crippen MR) is 69.9 cm³/mol.